The van der Waals surface area contributed by atoms with Crippen molar-refractivity contribution in [1.82, 2.24) is 4.98 Å². The number of fused-ring (bicyclic) bond motifs is 1. The number of esters is 1. The normalized spacial score (nSPS) is 27.3. The first-order chi connectivity index (χ1) is 16.5. The van der Waals surface area contributed by atoms with Gasteiger partial charge in [-0.15, -0.1) is 0 Å². The molecule has 2 aliphatic rings. The number of hydrogen-bond donors (Lipinski definition) is 2. The number of hydrogen-bond acceptors (Lipinski definition) is 6. The predicted molar refractivity (Wildman–Crippen MR) is 125 cm³/mol. The summed E-state index contributed by atoms with van der Waals surface area (Å²) in [5.41, 5.74) is 6.44. The number of pyridine rings is 1. The van der Waals surface area contributed by atoms with E-state index in [2.05, 4.69) is 17.6 Å². The van der Waals surface area contributed by atoms with E-state index in [0.717, 1.165) is 16.8 Å². The zero-order valence-corrected chi connectivity index (χ0v) is 19.4. The first kappa shape index (κ1) is 26.0. The first-order valence-electron chi connectivity index (χ1n) is 11.1. The van der Waals surface area contributed by atoms with Crippen molar-refractivity contribution in [2.75, 3.05) is 0 Å². The van der Waals surface area contributed by atoms with Crippen LogP contribution in [0, 0.1) is 28.6 Å². The summed E-state index contributed by atoms with van der Waals surface area (Å²) >= 11 is 0. The summed E-state index contributed by atoms with van der Waals surface area (Å²) in [6.07, 6.45) is -0.00958. The Labute approximate surface area is 202 Å². The molecule has 0 spiro atoms. The lowest BCUT2D eigenvalue weighted by Crippen LogP contribution is -2.58. The highest BCUT2D eigenvalue weighted by Gasteiger charge is 2.68. The number of alkyl halides is 2. The summed E-state index contributed by atoms with van der Waals surface area (Å²) in [6.45, 7) is 6.61. The van der Waals surface area contributed by atoms with Gasteiger partial charge in [-0.2, -0.15) is 5.26 Å². The second-order valence-corrected chi connectivity index (χ2v) is 8.97. The van der Waals surface area contributed by atoms with Crippen LogP contribution in [0.25, 0.3) is 17.2 Å². The van der Waals surface area contributed by atoms with Crippen LogP contribution in [0.5, 0.6) is 0 Å². The van der Waals surface area contributed by atoms with E-state index in [9.17, 15) is 23.5 Å². The van der Waals surface area contributed by atoms with E-state index in [4.69, 9.17) is 15.7 Å². The van der Waals surface area contributed by atoms with Gasteiger partial charge in [-0.05, 0) is 31.6 Å². The van der Waals surface area contributed by atoms with Gasteiger partial charge in [0.15, 0.2) is 0 Å². The number of carbonyl (C=O) groups is 2. The average Bonchev–Trinajstić information content (AvgIpc) is 3.08. The smallest absolute Gasteiger partial charge is 0.316 e. The van der Waals surface area contributed by atoms with Gasteiger partial charge in [0.1, 0.15) is 17.6 Å². The molecular weight excluding hydrogens is 456 g/mol. The number of nitriles is 1. The molecule has 1 saturated carbocycles. The molecule has 5 atom stereocenters. The summed E-state index contributed by atoms with van der Waals surface area (Å²) in [5, 5.41) is 18.9. The molecule has 0 bridgehead atoms. The molecule has 1 aliphatic carbocycles. The number of carbonyl (C=O) groups excluding carboxylic acids is 2. The standard InChI is InChI=1S/C14H10N2.C12H17F2NO4/c1-2-13-8-7-12(10-16-13)14-6-4-3-5-11(14)9-15;1-5-3-7-6(2)19-10(18)11(7,4-12(5,13)14)8(16)9(15)17/h2-8,10H,1H2;5-8,16H,3-4H2,1-2H3,(H2,15,17). The first-order valence-corrected chi connectivity index (χ1v) is 11.1. The van der Waals surface area contributed by atoms with Gasteiger partial charge in [0, 0.05) is 35.6 Å². The van der Waals surface area contributed by atoms with E-state index in [-0.39, 0.29) is 6.42 Å². The number of aliphatic hydroxyl groups excluding tert-OH is 1. The second-order valence-electron chi connectivity index (χ2n) is 8.97. The molecule has 0 radical (unpaired) electrons. The minimum atomic E-state index is -3.14. The molecule has 1 aliphatic heterocycles. The molecule has 184 valence electrons. The van der Waals surface area contributed by atoms with Crippen molar-refractivity contribution in [1.29, 1.82) is 5.26 Å². The van der Waals surface area contributed by atoms with E-state index < -0.39 is 53.7 Å². The third-order valence-corrected chi connectivity index (χ3v) is 6.87. The molecule has 1 saturated heterocycles. The highest BCUT2D eigenvalue weighted by atomic mass is 19.3. The SMILES string of the molecule is C=Cc1ccc(-c2ccccc2C#N)cn1.CC1OC(=O)C2(C(O)C(N)=O)CC(F)(F)C(C)CC12. The van der Waals surface area contributed by atoms with Gasteiger partial charge in [-0.1, -0.05) is 37.8 Å². The third-order valence-electron chi connectivity index (χ3n) is 6.87. The number of benzene rings is 1. The highest BCUT2D eigenvalue weighted by Crippen LogP contribution is 2.57. The average molecular weight is 484 g/mol. The molecule has 2 fully saturated rings. The van der Waals surface area contributed by atoms with Crippen LogP contribution >= 0.6 is 0 Å². The number of ether oxygens (including phenoxy) is 1. The molecule has 4 rings (SSSR count). The number of nitrogens with two attached hydrogens (primary N) is 1. The fourth-order valence-corrected chi connectivity index (χ4v) is 4.84. The van der Waals surface area contributed by atoms with Gasteiger partial charge in [0.2, 0.25) is 5.91 Å². The summed E-state index contributed by atoms with van der Waals surface area (Å²) < 4.78 is 32.9. The van der Waals surface area contributed by atoms with E-state index in [1.807, 2.05) is 30.3 Å². The summed E-state index contributed by atoms with van der Waals surface area (Å²) in [4.78, 5) is 27.4. The fraction of sp³-hybridized carbons (Fsp3) is 0.385. The Balaban J connectivity index is 0.000000198. The minimum absolute atomic E-state index is 0.00421. The zero-order chi connectivity index (χ0) is 26.0. The minimum Gasteiger partial charge on any atom is -0.462 e. The zero-order valence-electron chi connectivity index (χ0n) is 19.4. The van der Waals surface area contributed by atoms with Crippen molar-refractivity contribution < 1.29 is 28.2 Å². The maximum Gasteiger partial charge on any atom is 0.316 e. The summed E-state index contributed by atoms with van der Waals surface area (Å²) in [6, 6.07) is 13.5. The van der Waals surface area contributed by atoms with Crippen LogP contribution in [0.15, 0.2) is 49.2 Å². The number of primary amides is 1. The molecular formula is C26H27F2N3O4. The quantitative estimate of drug-likeness (QED) is 0.639. The van der Waals surface area contributed by atoms with Crippen LogP contribution < -0.4 is 5.73 Å². The van der Waals surface area contributed by atoms with Gasteiger partial charge >= 0.3 is 5.97 Å². The van der Waals surface area contributed by atoms with Crippen LogP contribution in [-0.2, 0) is 14.3 Å². The highest BCUT2D eigenvalue weighted by molar-refractivity contribution is 5.90. The molecule has 2 aromatic rings. The third kappa shape index (κ3) is 4.80. The van der Waals surface area contributed by atoms with Crippen molar-refractivity contribution in [2.45, 2.75) is 44.8 Å². The van der Waals surface area contributed by atoms with Crippen LogP contribution in [-0.4, -0.2) is 40.1 Å². The van der Waals surface area contributed by atoms with E-state index in [1.54, 1.807) is 25.3 Å². The Bertz CT molecular complexity index is 1160. The van der Waals surface area contributed by atoms with Crippen molar-refractivity contribution in [3.63, 3.8) is 0 Å². The Hall–Kier alpha value is -3.64. The van der Waals surface area contributed by atoms with Gasteiger partial charge in [-0.3, -0.25) is 14.6 Å². The van der Waals surface area contributed by atoms with Crippen LogP contribution in [0.1, 0.15) is 37.9 Å². The molecule has 5 unspecified atom stereocenters. The largest absolute Gasteiger partial charge is 0.462 e. The Morgan fingerprint density at radius 2 is 2.03 bits per heavy atom. The van der Waals surface area contributed by atoms with Crippen LogP contribution in [0.4, 0.5) is 8.78 Å². The van der Waals surface area contributed by atoms with Crippen molar-refractivity contribution in [2.24, 2.45) is 23.0 Å². The topological polar surface area (TPSA) is 126 Å². The number of cyclic esters (lactones) is 1. The second kappa shape index (κ2) is 9.92. The number of rotatable bonds is 4. The van der Waals surface area contributed by atoms with E-state index in [0.29, 0.717) is 5.56 Å². The van der Waals surface area contributed by atoms with Crippen LogP contribution in [0.3, 0.4) is 0 Å². The number of aromatic nitrogens is 1. The molecule has 7 nitrogen and oxygen atoms in total. The van der Waals surface area contributed by atoms with Crippen LogP contribution in [0.2, 0.25) is 0 Å². The maximum atomic E-state index is 13.9. The van der Waals surface area contributed by atoms with Crippen molar-refractivity contribution in [3.8, 4) is 17.2 Å². The lowest BCUT2D eigenvalue weighted by atomic mass is 9.59. The molecule has 2 heterocycles. The Morgan fingerprint density at radius 3 is 2.60 bits per heavy atom. The van der Waals surface area contributed by atoms with Gasteiger partial charge in [0.05, 0.1) is 17.3 Å². The number of halogens is 2. The Kier molecular flexibility index (Phi) is 7.36. The van der Waals surface area contributed by atoms with E-state index in [1.165, 1.54) is 6.92 Å². The lowest BCUT2D eigenvalue weighted by molar-refractivity contribution is -0.183. The van der Waals surface area contributed by atoms with E-state index >= 15 is 0 Å². The van der Waals surface area contributed by atoms with Crippen molar-refractivity contribution >= 4 is 18.0 Å². The molecule has 1 aromatic carbocycles. The van der Waals surface area contributed by atoms with Gasteiger partial charge in [-0.25, -0.2) is 8.78 Å². The lowest BCUT2D eigenvalue weighted by Gasteiger charge is -2.44. The van der Waals surface area contributed by atoms with Gasteiger partial charge < -0.3 is 15.6 Å². The molecule has 3 N–H and O–H groups in total. The monoisotopic (exact) mass is 483 g/mol. The summed E-state index contributed by atoms with van der Waals surface area (Å²) in [5.74, 6) is -6.85. The maximum absolute atomic E-state index is 13.9. The molecule has 9 heteroatoms. The Morgan fingerprint density at radius 1 is 1.34 bits per heavy atom. The number of aliphatic hydroxyl groups is 1. The predicted octanol–water partition coefficient (Wildman–Crippen LogP) is 3.71. The van der Waals surface area contributed by atoms with Gasteiger partial charge in [0.25, 0.3) is 5.92 Å². The molecule has 1 amide bonds. The molecule has 35 heavy (non-hydrogen) atoms. The fourth-order valence-electron chi connectivity index (χ4n) is 4.84. The number of nitrogens with zero attached hydrogens (tertiary/aromatic N) is 2. The molecule has 1 aromatic heterocycles. The van der Waals surface area contributed by atoms with Crippen molar-refractivity contribution in [3.05, 3.63) is 60.4 Å². The summed E-state index contributed by atoms with van der Waals surface area (Å²) in [7, 11) is 0. The number of amides is 1.